The summed E-state index contributed by atoms with van der Waals surface area (Å²) in [6.45, 7) is 6.54. The molecule has 3 heterocycles. The van der Waals surface area contributed by atoms with Crippen molar-refractivity contribution in [2.24, 2.45) is 0 Å². The number of ether oxygens (including phenoxy) is 3. The Hall–Kier alpha value is -4.22. The topological polar surface area (TPSA) is 118 Å². The molecular formula is C35H40N4O6. The molecule has 236 valence electrons. The summed E-state index contributed by atoms with van der Waals surface area (Å²) < 4.78 is 20.0. The monoisotopic (exact) mass is 612 g/mol. The molecule has 0 radical (unpaired) electrons. The lowest BCUT2D eigenvalue weighted by atomic mass is 9.98. The first-order valence-electron chi connectivity index (χ1n) is 15.5. The van der Waals surface area contributed by atoms with Gasteiger partial charge >= 0.3 is 11.8 Å². The number of alkyl carbamates (subject to hydrolysis) is 1. The fraction of sp³-hybridized carbons (Fsp3) is 0.371. The number of carbonyl (C=O) groups excluding carboxylic acids is 1. The molecule has 2 aliphatic rings. The highest BCUT2D eigenvalue weighted by Gasteiger charge is 2.34. The molecule has 3 aromatic carbocycles. The number of nitrogens with zero attached hydrogens (tertiary/aromatic N) is 2. The highest BCUT2D eigenvalue weighted by Crippen LogP contribution is 2.38. The van der Waals surface area contributed by atoms with Crippen LogP contribution in [0.3, 0.4) is 0 Å². The Morgan fingerprint density at radius 2 is 1.71 bits per heavy atom. The van der Waals surface area contributed by atoms with Crippen LogP contribution in [0.15, 0.2) is 90.2 Å². The lowest BCUT2D eigenvalue weighted by Crippen LogP contribution is -2.43. The molecule has 0 bridgehead atoms. The van der Waals surface area contributed by atoms with E-state index in [4.69, 9.17) is 14.2 Å². The normalized spacial score (nSPS) is 21.0. The van der Waals surface area contributed by atoms with Crippen molar-refractivity contribution in [1.29, 1.82) is 0 Å². The Kier molecular flexibility index (Phi) is 9.75. The predicted octanol–water partition coefficient (Wildman–Crippen LogP) is 5.12. The molecule has 6 rings (SSSR count). The van der Waals surface area contributed by atoms with Gasteiger partial charge in [0.2, 0.25) is 0 Å². The van der Waals surface area contributed by atoms with Crippen molar-refractivity contribution in [3.8, 4) is 0 Å². The van der Waals surface area contributed by atoms with E-state index in [-0.39, 0.29) is 37.2 Å². The fourth-order valence-corrected chi connectivity index (χ4v) is 6.27. The molecule has 2 aliphatic heterocycles. The molecule has 3 N–H and O–H groups in total. The number of aromatic nitrogens is 2. The zero-order valence-corrected chi connectivity index (χ0v) is 25.3. The van der Waals surface area contributed by atoms with Crippen molar-refractivity contribution in [3.05, 3.63) is 118 Å². The summed E-state index contributed by atoms with van der Waals surface area (Å²) in [4.78, 5) is 30.0. The molecule has 0 saturated carbocycles. The molecule has 4 aromatic rings. The Labute approximate surface area is 262 Å². The number of para-hydroxylation sites is 2. The van der Waals surface area contributed by atoms with Gasteiger partial charge in [-0.15, -0.1) is 0 Å². The number of aromatic amines is 1. The maximum atomic E-state index is 12.8. The highest BCUT2D eigenvalue weighted by atomic mass is 16.7. The number of aliphatic hydroxyl groups excluding tert-OH is 1. The Morgan fingerprint density at radius 1 is 1.00 bits per heavy atom. The van der Waals surface area contributed by atoms with Crippen LogP contribution in [-0.2, 0) is 27.4 Å². The molecule has 1 amide bonds. The van der Waals surface area contributed by atoms with Crippen LogP contribution in [0.25, 0.3) is 11.0 Å². The third-order valence-corrected chi connectivity index (χ3v) is 8.64. The van der Waals surface area contributed by atoms with Crippen LogP contribution >= 0.6 is 0 Å². The summed E-state index contributed by atoms with van der Waals surface area (Å²) in [5, 5.41) is 12.2. The number of piperidine rings is 1. The first-order chi connectivity index (χ1) is 22.0. The number of benzene rings is 3. The van der Waals surface area contributed by atoms with Crippen molar-refractivity contribution < 1.29 is 24.1 Å². The number of nitrogens with one attached hydrogen (secondary N) is 2. The second-order valence-electron chi connectivity index (χ2n) is 11.7. The smallest absolute Gasteiger partial charge is 0.407 e. The molecule has 3 atom stereocenters. The zero-order valence-electron chi connectivity index (χ0n) is 25.3. The number of rotatable bonds is 10. The molecule has 0 spiro atoms. The Balaban J connectivity index is 1.12. The van der Waals surface area contributed by atoms with E-state index in [2.05, 4.69) is 21.8 Å². The van der Waals surface area contributed by atoms with Crippen molar-refractivity contribution in [1.82, 2.24) is 19.8 Å². The van der Waals surface area contributed by atoms with Crippen molar-refractivity contribution in [2.75, 3.05) is 26.2 Å². The van der Waals surface area contributed by atoms with E-state index in [9.17, 15) is 14.7 Å². The molecule has 10 nitrogen and oxygen atoms in total. The maximum absolute atomic E-state index is 12.8. The van der Waals surface area contributed by atoms with Gasteiger partial charge < -0.3 is 34.5 Å². The minimum atomic E-state index is -0.562. The average molecular weight is 613 g/mol. The van der Waals surface area contributed by atoms with Crippen LogP contribution in [0.4, 0.5) is 4.79 Å². The van der Waals surface area contributed by atoms with Crippen LogP contribution < -0.4 is 11.0 Å². The minimum Gasteiger partial charge on any atom is -0.445 e. The number of amides is 1. The summed E-state index contributed by atoms with van der Waals surface area (Å²) in [5.74, 6) is 0. The quantitative estimate of drug-likeness (QED) is 0.213. The standard InChI is InChI=1S/C35H40N4O6/c1-2-19-43-35(42)36-21-24-7-13-27(14-8-24)33-44-29(20-32(45-33)26-11-9-25(23-40)10-12-26)22-38-17-15-28(16-18-38)39-31-6-4-3-5-30(31)37-34(39)41/h2-14,28-29,32-33,40H,1,15-23H2,(H,36,42)(H,37,41)/t29-,32+,33+/m0/s1. The van der Waals surface area contributed by atoms with Crippen molar-refractivity contribution in [3.63, 3.8) is 0 Å². The fourth-order valence-electron chi connectivity index (χ4n) is 6.27. The SMILES string of the molecule is C=CCOC(=O)NCc1ccc([C@@H]2O[C@H](CN3CCC(n4c(=O)[nH]c5ccccc54)CC3)C[C@H](c3ccc(CO)cc3)O2)cc1. The van der Waals surface area contributed by atoms with E-state index in [0.717, 1.165) is 65.8 Å². The number of hydrogen-bond acceptors (Lipinski definition) is 7. The van der Waals surface area contributed by atoms with Gasteiger partial charge in [0.15, 0.2) is 6.29 Å². The molecule has 45 heavy (non-hydrogen) atoms. The van der Waals surface area contributed by atoms with Crippen molar-refractivity contribution >= 4 is 17.1 Å². The van der Waals surface area contributed by atoms with Gasteiger partial charge in [0.25, 0.3) is 0 Å². The number of H-pyrrole nitrogens is 1. The first kappa shape index (κ1) is 30.8. The van der Waals surface area contributed by atoms with Crippen LogP contribution in [0.1, 0.15) is 60.0 Å². The molecule has 2 saturated heterocycles. The second kappa shape index (κ2) is 14.3. The summed E-state index contributed by atoms with van der Waals surface area (Å²) >= 11 is 0. The van der Waals surface area contributed by atoms with E-state index in [1.807, 2.05) is 77.4 Å². The van der Waals surface area contributed by atoms with Gasteiger partial charge in [-0.2, -0.15) is 0 Å². The van der Waals surface area contributed by atoms with Crippen molar-refractivity contribution in [2.45, 2.75) is 57.0 Å². The Morgan fingerprint density at radius 3 is 2.44 bits per heavy atom. The largest absolute Gasteiger partial charge is 0.445 e. The number of imidazole rings is 1. The van der Waals surface area contributed by atoms with Crippen LogP contribution in [0.5, 0.6) is 0 Å². The number of likely N-dealkylation sites (tertiary alicyclic amines) is 1. The first-order valence-corrected chi connectivity index (χ1v) is 15.5. The van der Waals surface area contributed by atoms with Crippen LogP contribution in [0.2, 0.25) is 0 Å². The summed E-state index contributed by atoms with van der Waals surface area (Å²) in [6.07, 6.45) is 2.70. The molecule has 1 aromatic heterocycles. The van der Waals surface area contributed by atoms with Crippen LogP contribution in [-0.4, -0.2) is 58.0 Å². The summed E-state index contributed by atoms with van der Waals surface area (Å²) in [7, 11) is 0. The third kappa shape index (κ3) is 7.37. The summed E-state index contributed by atoms with van der Waals surface area (Å²) in [6, 6.07) is 23.7. The highest BCUT2D eigenvalue weighted by molar-refractivity contribution is 5.75. The van der Waals surface area contributed by atoms with Gasteiger partial charge in [0.05, 0.1) is 29.8 Å². The predicted molar refractivity (Wildman–Crippen MR) is 171 cm³/mol. The number of carbonyl (C=O) groups is 1. The van der Waals surface area contributed by atoms with Gasteiger partial charge in [-0.3, -0.25) is 4.57 Å². The minimum absolute atomic E-state index is 0.00598. The lowest BCUT2D eigenvalue weighted by molar-refractivity contribution is -0.253. The molecule has 0 aliphatic carbocycles. The lowest BCUT2D eigenvalue weighted by Gasteiger charge is -2.40. The molecule has 2 fully saturated rings. The Bertz CT molecular complexity index is 1640. The van der Waals surface area contributed by atoms with E-state index < -0.39 is 12.4 Å². The average Bonchev–Trinajstić information content (AvgIpc) is 3.42. The number of aliphatic hydroxyl groups is 1. The molecule has 10 heteroatoms. The van der Waals surface area contributed by atoms with Gasteiger partial charge in [-0.25, -0.2) is 9.59 Å². The van der Waals surface area contributed by atoms with Gasteiger partial charge in [0.1, 0.15) is 6.61 Å². The van der Waals surface area contributed by atoms with Crippen LogP contribution in [0, 0.1) is 0 Å². The number of hydrogen-bond donors (Lipinski definition) is 3. The van der Waals surface area contributed by atoms with Gasteiger partial charge in [-0.1, -0.05) is 73.3 Å². The molecular weight excluding hydrogens is 572 g/mol. The third-order valence-electron chi connectivity index (χ3n) is 8.64. The number of fused-ring (bicyclic) bond motifs is 1. The van der Waals surface area contributed by atoms with E-state index in [1.54, 1.807) is 0 Å². The second-order valence-corrected chi connectivity index (χ2v) is 11.7. The zero-order chi connectivity index (χ0) is 31.2. The van der Waals surface area contributed by atoms with Gasteiger partial charge in [0, 0.05) is 44.2 Å². The van der Waals surface area contributed by atoms with E-state index in [1.165, 1.54) is 6.08 Å². The van der Waals surface area contributed by atoms with Gasteiger partial charge in [-0.05, 0) is 41.7 Å². The molecule has 0 unspecified atom stereocenters. The van der Waals surface area contributed by atoms with E-state index in [0.29, 0.717) is 13.0 Å². The summed E-state index contributed by atoms with van der Waals surface area (Å²) in [5.41, 5.74) is 5.51. The van der Waals surface area contributed by atoms with E-state index >= 15 is 0 Å². The maximum Gasteiger partial charge on any atom is 0.407 e.